The fourth-order valence-corrected chi connectivity index (χ4v) is 4.70. The lowest BCUT2D eigenvalue weighted by Crippen LogP contribution is -2.48. The molecule has 3 aromatic rings. The molecule has 162 valence electrons. The van der Waals surface area contributed by atoms with Crippen LogP contribution in [0.1, 0.15) is 40.9 Å². The third kappa shape index (κ3) is 5.29. The molecule has 1 saturated heterocycles. The largest absolute Gasteiger partial charge is 0.466 e. The van der Waals surface area contributed by atoms with Gasteiger partial charge in [0.25, 0.3) is 0 Å². The van der Waals surface area contributed by atoms with Crippen LogP contribution in [-0.2, 0) is 17.8 Å². The molecule has 0 spiro atoms. The summed E-state index contributed by atoms with van der Waals surface area (Å²) in [5.41, 5.74) is 2.84. The predicted molar refractivity (Wildman–Crippen MR) is 121 cm³/mol. The van der Waals surface area contributed by atoms with Crippen LogP contribution < -0.4 is 0 Å². The smallest absolute Gasteiger partial charge is 0.223 e. The van der Waals surface area contributed by atoms with Crippen molar-refractivity contribution in [3.63, 3.8) is 0 Å². The molecule has 1 fully saturated rings. The number of nitrogens with zero attached hydrogens (tertiary/aromatic N) is 3. The average Bonchev–Trinajstić information content (AvgIpc) is 3.40. The van der Waals surface area contributed by atoms with Gasteiger partial charge in [0, 0.05) is 56.5 Å². The van der Waals surface area contributed by atoms with Crippen molar-refractivity contribution in [1.82, 2.24) is 14.8 Å². The van der Waals surface area contributed by atoms with Crippen molar-refractivity contribution in [2.24, 2.45) is 0 Å². The van der Waals surface area contributed by atoms with E-state index in [1.807, 2.05) is 23.1 Å². The first-order chi connectivity index (χ1) is 15.0. The number of carbonyl (C=O) groups excluding carboxylic acids is 2. The van der Waals surface area contributed by atoms with E-state index in [-0.39, 0.29) is 11.7 Å². The van der Waals surface area contributed by atoms with Crippen molar-refractivity contribution in [2.75, 3.05) is 26.2 Å². The van der Waals surface area contributed by atoms with E-state index in [1.165, 1.54) is 6.92 Å². The molecule has 1 aliphatic heterocycles. The Bertz CT molecular complexity index is 1050. The van der Waals surface area contributed by atoms with Crippen molar-refractivity contribution >= 4 is 23.0 Å². The van der Waals surface area contributed by atoms with E-state index in [1.54, 1.807) is 24.3 Å². The van der Waals surface area contributed by atoms with Gasteiger partial charge in [-0.15, -0.1) is 11.3 Å². The van der Waals surface area contributed by atoms with E-state index < -0.39 is 0 Å². The summed E-state index contributed by atoms with van der Waals surface area (Å²) in [5.74, 6) is 1.46. The number of amides is 1. The van der Waals surface area contributed by atoms with E-state index >= 15 is 0 Å². The van der Waals surface area contributed by atoms with Gasteiger partial charge < -0.3 is 9.32 Å². The molecule has 0 atom stereocenters. The van der Waals surface area contributed by atoms with Gasteiger partial charge in [-0.25, -0.2) is 4.98 Å². The van der Waals surface area contributed by atoms with Gasteiger partial charge in [0.15, 0.2) is 5.78 Å². The minimum atomic E-state index is -0.00838. The molecule has 3 heterocycles. The molecule has 0 aliphatic carbocycles. The van der Waals surface area contributed by atoms with Crippen molar-refractivity contribution in [3.8, 4) is 10.6 Å². The number of aryl methyl sites for hydroxylation is 2. The van der Waals surface area contributed by atoms with Crippen molar-refractivity contribution in [1.29, 1.82) is 0 Å². The van der Waals surface area contributed by atoms with Gasteiger partial charge >= 0.3 is 0 Å². The number of aromatic nitrogens is 1. The molecule has 7 heteroatoms. The summed E-state index contributed by atoms with van der Waals surface area (Å²) in [7, 11) is 0. The molecule has 0 unspecified atom stereocenters. The standard InChI is InChI=1S/C24H27N3O3S/c1-17(28)22-14-21(30-18(22)2)8-9-23(29)27-12-10-26(11-13-27)15-20-16-31-24(25-20)19-6-4-3-5-7-19/h3-7,14,16H,8-13,15H2,1-2H3. The highest BCUT2D eigenvalue weighted by Gasteiger charge is 2.22. The summed E-state index contributed by atoms with van der Waals surface area (Å²) in [6.07, 6.45) is 0.922. The fraction of sp³-hybridized carbons (Fsp3) is 0.375. The summed E-state index contributed by atoms with van der Waals surface area (Å²) in [5, 5.41) is 3.17. The molecule has 6 nitrogen and oxygen atoms in total. The van der Waals surface area contributed by atoms with Crippen LogP contribution >= 0.6 is 11.3 Å². The second-order valence-corrected chi connectivity index (χ2v) is 8.76. The Balaban J connectivity index is 1.24. The van der Waals surface area contributed by atoms with Crippen molar-refractivity contribution < 1.29 is 14.0 Å². The normalized spacial score (nSPS) is 14.7. The topological polar surface area (TPSA) is 66.7 Å². The number of thiazole rings is 1. The first kappa shape index (κ1) is 21.5. The molecular weight excluding hydrogens is 410 g/mol. The third-order valence-corrected chi connectivity index (χ3v) is 6.56. The molecule has 1 aromatic carbocycles. The third-order valence-electron chi connectivity index (χ3n) is 5.62. The maximum absolute atomic E-state index is 12.6. The number of rotatable bonds is 7. The van der Waals surface area contributed by atoms with E-state index in [0.717, 1.165) is 49.0 Å². The Morgan fingerprint density at radius 3 is 2.55 bits per heavy atom. The van der Waals surface area contributed by atoms with Gasteiger partial charge in [-0.05, 0) is 19.9 Å². The summed E-state index contributed by atoms with van der Waals surface area (Å²) >= 11 is 1.67. The lowest BCUT2D eigenvalue weighted by atomic mass is 10.1. The number of furan rings is 1. The number of piperazine rings is 1. The predicted octanol–water partition coefficient (Wildman–Crippen LogP) is 4.19. The zero-order chi connectivity index (χ0) is 21.8. The number of ketones is 1. The highest BCUT2D eigenvalue weighted by atomic mass is 32.1. The molecule has 0 bridgehead atoms. The molecule has 31 heavy (non-hydrogen) atoms. The molecule has 2 aromatic heterocycles. The first-order valence-electron chi connectivity index (χ1n) is 10.6. The summed E-state index contributed by atoms with van der Waals surface area (Å²) in [6, 6.07) is 12.0. The number of benzene rings is 1. The summed E-state index contributed by atoms with van der Waals surface area (Å²) in [4.78, 5) is 33.2. The van der Waals surface area contributed by atoms with E-state index in [0.29, 0.717) is 29.9 Å². The van der Waals surface area contributed by atoms with Crippen LogP contribution in [0.15, 0.2) is 46.2 Å². The average molecular weight is 438 g/mol. The Hall–Kier alpha value is -2.77. The van der Waals surface area contributed by atoms with Gasteiger partial charge in [0.1, 0.15) is 16.5 Å². The lowest BCUT2D eigenvalue weighted by molar-refractivity contribution is -0.133. The van der Waals surface area contributed by atoms with E-state index in [4.69, 9.17) is 9.40 Å². The fourth-order valence-electron chi connectivity index (χ4n) is 3.88. The van der Waals surface area contributed by atoms with Gasteiger partial charge in [0.2, 0.25) is 5.91 Å². The van der Waals surface area contributed by atoms with Gasteiger partial charge in [-0.3, -0.25) is 14.5 Å². The molecule has 0 radical (unpaired) electrons. The van der Waals surface area contributed by atoms with E-state index in [9.17, 15) is 9.59 Å². The Morgan fingerprint density at radius 1 is 1.13 bits per heavy atom. The monoisotopic (exact) mass is 437 g/mol. The van der Waals surface area contributed by atoms with Crippen LogP contribution in [0.3, 0.4) is 0 Å². The Labute approximate surface area is 186 Å². The SMILES string of the molecule is CC(=O)c1cc(CCC(=O)N2CCN(Cc3csc(-c4ccccc4)n3)CC2)oc1C. The second kappa shape index (κ2) is 9.58. The van der Waals surface area contributed by atoms with Crippen LogP contribution in [0, 0.1) is 6.92 Å². The van der Waals surface area contributed by atoms with Gasteiger partial charge in [-0.2, -0.15) is 0 Å². The molecular formula is C24H27N3O3S. The number of hydrogen-bond donors (Lipinski definition) is 0. The quantitative estimate of drug-likeness (QED) is 0.519. The van der Waals surface area contributed by atoms with Crippen molar-refractivity contribution in [2.45, 2.75) is 33.2 Å². The molecule has 1 amide bonds. The maximum atomic E-state index is 12.6. The number of carbonyl (C=O) groups is 2. The molecule has 1 aliphatic rings. The molecule has 0 saturated carbocycles. The lowest BCUT2D eigenvalue weighted by Gasteiger charge is -2.34. The van der Waals surface area contributed by atoms with Crippen LogP contribution in [0.2, 0.25) is 0 Å². The zero-order valence-electron chi connectivity index (χ0n) is 18.0. The highest BCUT2D eigenvalue weighted by molar-refractivity contribution is 7.13. The van der Waals surface area contributed by atoms with Crippen LogP contribution in [0.5, 0.6) is 0 Å². The van der Waals surface area contributed by atoms with Crippen LogP contribution in [0.4, 0.5) is 0 Å². The number of hydrogen-bond acceptors (Lipinski definition) is 6. The Morgan fingerprint density at radius 2 is 1.87 bits per heavy atom. The van der Waals surface area contributed by atoms with Crippen LogP contribution in [0.25, 0.3) is 10.6 Å². The maximum Gasteiger partial charge on any atom is 0.223 e. The minimum absolute atomic E-state index is 0.00838. The van der Waals surface area contributed by atoms with Gasteiger partial charge in [-0.1, -0.05) is 30.3 Å². The summed E-state index contributed by atoms with van der Waals surface area (Å²) < 4.78 is 5.63. The molecule has 4 rings (SSSR count). The minimum Gasteiger partial charge on any atom is -0.466 e. The summed E-state index contributed by atoms with van der Waals surface area (Å²) in [6.45, 7) is 7.27. The van der Waals surface area contributed by atoms with Gasteiger partial charge in [0.05, 0.1) is 11.3 Å². The first-order valence-corrected chi connectivity index (χ1v) is 11.5. The number of Topliss-reactive ketones (excluding diaryl/α,β-unsaturated/α-hetero) is 1. The van der Waals surface area contributed by atoms with E-state index in [2.05, 4.69) is 22.4 Å². The molecule has 0 N–H and O–H groups in total. The highest BCUT2D eigenvalue weighted by Crippen LogP contribution is 2.24. The van der Waals surface area contributed by atoms with Crippen molar-refractivity contribution in [3.05, 3.63) is 64.6 Å². The zero-order valence-corrected chi connectivity index (χ0v) is 18.8. The Kier molecular flexibility index (Phi) is 6.63. The van der Waals surface area contributed by atoms with Crippen LogP contribution in [-0.4, -0.2) is 52.7 Å². The second-order valence-electron chi connectivity index (χ2n) is 7.91.